The Labute approximate surface area is 185 Å². The summed E-state index contributed by atoms with van der Waals surface area (Å²) in [6.45, 7) is 2.21. The van der Waals surface area contributed by atoms with Gasteiger partial charge in [-0.05, 0) is 55.0 Å². The molecule has 0 heterocycles. The van der Waals surface area contributed by atoms with E-state index in [9.17, 15) is 14.0 Å². The number of hydrogen-bond donors (Lipinski definition) is 3. The van der Waals surface area contributed by atoms with E-state index in [0.717, 1.165) is 17.8 Å². The second kappa shape index (κ2) is 10.6. The molecule has 0 aliphatic carbocycles. The minimum Gasteiger partial charge on any atom is -0.379 e. The molecule has 3 rings (SSSR count). The zero-order valence-electron chi connectivity index (χ0n) is 17.0. The molecular formula is C24H23ClFN3O2. The van der Waals surface area contributed by atoms with Gasteiger partial charge in [0.25, 0.3) is 5.91 Å². The van der Waals surface area contributed by atoms with Crippen LogP contribution in [0.3, 0.4) is 0 Å². The fourth-order valence-electron chi connectivity index (χ4n) is 3.01. The van der Waals surface area contributed by atoms with Crippen molar-refractivity contribution in [2.45, 2.75) is 19.4 Å². The van der Waals surface area contributed by atoms with E-state index in [1.807, 2.05) is 42.5 Å². The lowest BCUT2D eigenvalue weighted by Gasteiger charge is -2.16. The number of hydrogen-bond acceptors (Lipinski definition) is 3. The Kier molecular flexibility index (Phi) is 7.62. The van der Waals surface area contributed by atoms with Crippen molar-refractivity contribution < 1.29 is 14.0 Å². The normalized spacial score (nSPS) is 11.5. The number of carbonyl (C=O) groups is 2. The molecule has 0 radical (unpaired) electrons. The van der Waals surface area contributed by atoms with Gasteiger partial charge in [-0.25, -0.2) is 4.39 Å². The highest BCUT2D eigenvalue weighted by Crippen LogP contribution is 2.21. The van der Waals surface area contributed by atoms with Crippen molar-refractivity contribution in [3.63, 3.8) is 0 Å². The predicted octanol–water partition coefficient (Wildman–Crippen LogP) is 5.41. The van der Waals surface area contributed by atoms with E-state index in [-0.39, 0.29) is 35.5 Å². The Morgan fingerprint density at radius 2 is 1.65 bits per heavy atom. The molecule has 3 aromatic carbocycles. The van der Waals surface area contributed by atoms with Crippen molar-refractivity contribution in [1.82, 2.24) is 5.32 Å². The summed E-state index contributed by atoms with van der Waals surface area (Å²) in [4.78, 5) is 24.2. The molecule has 0 aliphatic rings. The second-order valence-electron chi connectivity index (χ2n) is 7.03. The summed E-state index contributed by atoms with van der Waals surface area (Å²) in [6, 6.07) is 21.2. The van der Waals surface area contributed by atoms with Gasteiger partial charge in [0.05, 0.1) is 10.6 Å². The molecule has 0 aromatic heterocycles. The zero-order valence-corrected chi connectivity index (χ0v) is 17.7. The van der Waals surface area contributed by atoms with Gasteiger partial charge in [0.15, 0.2) is 0 Å². The van der Waals surface area contributed by atoms with Crippen molar-refractivity contribution in [2.75, 3.05) is 17.2 Å². The quantitative estimate of drug-likeness (QED) is 0.439. The first-order valence-electron chi connectivity index (χ1n) is 9.87. The molecule has 31 heavy (non-hydrogen) atoms. The summed E-state index contributed by atoms with van der Waals surface area (Å²) < 4.78 is 13.1. The van der Waals surface area contributed by atoms with Gasteiger partial charge < -0.3 is 16.0 Å². The second-order valence-corrected chi connectivity index (χ2v) is 7.44. The maximum absolute atomic E-state index is 13.1. The third-order valence-electron chi connectivity index (χ3n) is 4.66. The molecular weight excluding hydrogens is 417 g/mol. The first-order valence-corrected chi connectivity index (χ1v) is 10.2. The lowest BCUT2D eigenvalue weighted by molar-refractivity contribution is -0.116. The Balaban J connectivity index is 1.44. The SMILES string of the molecule is CC(Nc1ccc(NC(=O)CCNC(=O)c2ccc(F)cc2Cl)cc1)c1ccccc1. The van der Waals surface area contributed by atoms with Crippen LogP contribution in [-0.2, 0) is 4.79 Å². The third-order valence-corrected chi connectivity index (χ3v) is 4.98. The topological polar surface area (TPSA) is 70.2 Å². The zero-order chi connectivity index (χ0) is 22.2. The highest BCUT2D eigenvalue weighted by Gasteiger charge is 2.11. The molecule has 1 atom stereocenters. The number of carbonyl (C=O) groups excluding carboxylic acids is 2. The predicted molar refractivity (Wildman–Crippen MR) is 122 cm³/mol. The average molecular weight is 440 g/mol. The fraction of sp³-hybridized carbons (Fsp3) is 0.167. The molecule has 0 bridgehead atoms. The number of rotatable bonds is 8. The van der Waals surface area contributed by atoms with E-state index in [1.165, 1.54) is 11.6 Å². The summed E-state index contributed by atoms with van der Waals surface area (Å²) in [5.74, 6) is -1.21. The summed E-state index contributed by atoms with van der Waals surface area (Å²) in [5.41, 5.74) is 2.95. The molecule has 2 amide bonds. The largest absolute Gasteiger partial charge is 0.379 e. The number of nitrogens with one attached hydrogen (secondary N) is 3. The van der Waals surface area contributed by atoms with Crippen molar-refractivity contribution in [2.24, 2.45) is 0 Å². The fourth-order valence-corrected chi connectivity index (χ4v) is 3.26. The molecule has 3 N–H and O–H groups in total. The Hall–Kier alpha value is -3.38. The molecule has 5 nitrogen and oxygen atoms in total. The third kappa shape index (κ3) is 6.55. The van der Waals surface area contributed by atoms with Crippen LogP contribution < -0.4 is 16.0 Å². The van der Waals surface area contributed by atoms with Crippen LogP contribution in [0, 0.1) is 5.82 Å². The van der Waals surface area contributed by atoms with Gasteiger partial charge in [-0.2, -0.15) is 0 Å². The van der Waals surface area contributed by atoms with Gasteiger partial charge in [-0.15, -0.1) is 0 Å². The van der Waals surface area contributed by atoms with Crippen LogP contribution >= 0.6 is 11.6 Å². The number of anilines is 2. The number of amides is 2. The van der Waals surface area contributed by atoms with E-state index in [1.54, 1.807) is 0 Å². The number of benzene rings is 3. The van der Waals surface area contributed by atoms with Crippen molar-refractivity contribution >= 4 is 34.8 Å². The van der Waals surface area contributed by atoms with Crippen molar-refractivity contribution in [3.8, 4) is 0 Å². The highest BCUT2D eigenvalue weighted by atomic mass is 35.5. The van der Waals surface area contributed by atoms with Crippen LogP contribution in [0.4, 0.5) is 15.8 Å². The van der Waals surface area contributed by atoms with Gasteiger partial charge in [0.2, 0.25) is 5.91 Å². The van der Waals surface area contributed by atoms with Gasteiger partial charge >= 0.3 is 0 Å². The van der Waals surface area contributed by atoms with E-state index in [4.69, 9.17) is 11.6 Å². The summed E-state index contributed by atoms with van der Waals surface area (Å²) in [5, 5.41) is 8.84. The molecule has 0 saturated carbocycles. The molecule has 3 aromatic rings. The van der Waals surface area contributed by atoms with Gasteiger partial charge in [0.1, 0.15) is 5.82 Å². The van der Waals surface area contributed by atoms with Crippen LogP contribution in [0.15, 0.2) is 72.8 Å². The van der Waals surface area contributed by atoms with Crippen LogP contribution in [0.5, 0.6) is 0 Å². The van der Waals surface area contributed by atoms with Gasteiger partial charge in [0, 0.05) is 30.4 Å². The molecule has 160 valence electrons. The van der Waals surface area contributed by atoms with Gasteiger partial charge in [-0.1, -0.05) is 41.9 Å². The molecule has 0 spiro atoms. The Bertz CT molecular complexity index is 1040. The number of halogens is 2. The summed E-state index contributed by atoms with van der Waals surface area (Å²) in [6.07, 6.45) is 0.0929. The monoisotopic (exact) mass is 439 g/mol. The van der Waals surface area contributed by atoms with Gasteiger partial charge in [-0.3, -0.25) is 9.59 Å². The molecule has 0 fully saturated rings. The van der Waals surface area contributed by atoms with E-state index in [0.29, 0.717) is 5.69 Å². The Morgan fingerprint density at radius 1 is 0.968 bits per heavy atom. The van der Waals surface area contributed by atoms with Crippen LogP contribution in [0.25, 0.3) is 0 Å². The molecule has 7 heteroatoms. The standard InChI is InChI=1S/C24H23ClFN3O2/c1-16(17-5-3-2-4-6-17)28-19-8-10-20(11-9-19)29-23(30)13-14-27-24(31)21-12-7-18(26)15-22(21)25/h2-12,15-16,28H,13-14H2,1H3,(H,27,31)(H,29,30). The smallest absolute Gasteiger partial charge is 0.252 e. The first kappa shape index (κ1) is 22.3. The lowest BCUT2D eigenvalue weighted by Crippen LogP contribution is -2.27. The average Bonchev–Trinajstić information content (AvgIpc) is 2.75. The Morgan fingerprint density at radius 3 is 2.32 bits per heavy atom. The van der Waals surface area contributed by atoms with E-state index < -0.39 is 11.7 Å². The summed E-state index contributed by atoms with van der Waals surface area (Å²) in [7, 11) is 0. The minimum absolute atomic E-state index is 0.0252. The first-order chi connectivity index (χ1) is 14.9. The van der Waals surface area contributed by atoms with Crippen molar-refractivity contribution in [3.05, 3.63) is 94.8 Å². The molecule has 0 saturated heterocycles. The maximum Gasteiger partial charge on any atom is 0.252 e. The maximum atomic E-state index is 13.1. The van der Waals surface area contributed by atoms with E-state index in [2.05, 4.69) is 35.0 Å². The lowest BCUT2D eigenvalue weighted by atomic mass is 10.1. The van der Waals surface area contributed by atoms with E-state index >= 15 is 0 Å². The van der Waals surface area contributed by atoms with Crippen molar-refractivity contribution in [1.29, 1.82) is 0 Å². The van der Waals surface area contributed by atoms with Crippen LogP contribution in [0.1, 0.15) is 35.3 Å². The van der Waals surface area contributed by atoms with Crippen LogP contribution in [-0.4, -0.2) is 18.4 Å². The molecule has 0 aliphatic heterocycles. The summed E-state index contributed by atoms with van der Waals surface area (Å²) >= 11 is 5.87. The molecule has 1 unspecified atom stereocenters. The van der Waals surface area contributed by atoms with Crippen LogP contribution in [0.2, 0.25) is 5.02 Å². The minimum atomic E-state index is -0.517. The highest BCUT2D eigenvalue weighted by molar-refractivity contribution is 6.33.